The fourth-order valence-corrected chi connectivity index (χ4v) is 2.12. The molecule has 1 heterocycles. The summed E-state index contributed by atoms with van der Waals surface area (Å²) in [6.45, 7) is 4.06. The molecule has 100 valence electrons. The standard InChI is InChI=1S/C14H17N3O2/c1-3-13-9-12(8-10(2)15-16-13)11-4-6-14(7-5-11)17(18)19/h4-7,9,12,16H,3,8H2,1-2H3. The summed E-state index contributed by atoms with van der Waals surface area (Å²) in [5, 5.41) is 14.9. The molecular weight excluding hydrogens is 242 g/mol. The lowest BCUT2D eigenvalue weighted by Crippen LogP contribution is -2.04. The van der Waals surface area contributed by atoms with E-state index in [2.05, 4.69) is 23.5 Å². The summed E-state index contributed by atoms with van der Waals surface area (Å²) in [6, 6.07) is 6.76. The Labute approximate surface area is 112 Å². The first-order valence-electron chi connectivity index (χ1n) is 6.34. The van der Waals surface area contributed by atoms with Gasteiger partial charge in [0.25, 0.3) is 5.69 Å². The van der Waals surface area contributed by atoms with Gasteiger partial charge in [-0.2, -0.15) is 5.10 Å². The zero-order chi connectivity index (χ0) is 13.8. The number of nitrogens with zero attached hydrogens (tertiary/aromatic N) is 2. The summed E-state index contributed by atoms with van der Waals surface area (Å²) in [6.07, 6.45) is 3.87. The molecular formula is C14H17N3O2. The van der Waals surface area contributed by atoms with E-state index in [0.717, 1.165) is 29.8 Å². The van der Waals surface area contributed by atoms with E-state index >= 15 is 0 Å². The molecule has 19 heavy (non-hydrogen) atoms. The van der Waals surface area contributed by atoms with Gasteiger partial charge in [0.1, 0.15) is 0 Å². The van der Waals surface area contributed by atoms with Gasteiger partial charge in [0, 0.05) is 29.5 Å². The highest BCUT2D eigenvalue weighted by Gasteiger charge is 2.15. The summed E-state index contributed by atoms with van der Waals surface area (Å²) < 4.78 is 0. The van der Waals surface area contributed by atoms with Crippen molar-refractivity contribution in [1.82, 2.24) is 5.43 Å². The van der Waals surface area contributed by atoms with Crippen LogP contribution in [0.25, 0.3) is 0 Å². The van der Waals surface area contributed by atoms with E-state index in [-0.39, 0.29) is 16.5 Å². The fraction of sp³-hybridized carbons (Fsp3) is 0.357. The molecule has 0 aliphatic carbocycles. The largest absolute Gasteiger partial charge is 0.283 e. The molecule has 1 aromatic carbocycles. The third-order valence-electron chi connectivity index (χ3n) is 3.22. The molecule has 1 N–H and O–H groups in total. The van der Waals surface area contributed by atoms with E-state index in [4.69, 9.17) is 0 Å². The Bertz CT molecular complexity index is 532. The highest BCUT2D eigenvalue weighted by Crippen LogP contribution is 2.26. The first-order chi connectivity index (χ1) is 9.10. The van der Waals surface area contributed by atoms with Crippen LogP contribution in [0.2, 0.25) is 0 Å². The van der Waals surface area contributed by atoms with Crippen molar-refractivity contribution in [2.24, 2.45) is 5.10 Å². The lowest BCUT2D eigenvalue weighted by Gasteiger charge is -2.11. The number of non-ortho nitro benzene ring substituents is 1. The van der Waals surface area contributed by atoms with E-state index in [1.165, 1.54) is 0 Å². The molecule has 5 heteroatoms. The van der Waals surface area contributed by atoms with Crippen molar-refractivity contribution in [2.45, 2.75) is 32.6 Å². The summed E-state index contributed by atoms with van der Waals surface area (Å²) in [5.74, 6) is 0.217. The van der Waals surface area contributed by atoms with Crippen molar-refractivity contribution in [2.75, 3.05) is 0 Å². The number of hydrazone groups is 1. The first-order valence-corrected chi connectivity index (χ1v) is 6.34. The number of rotatable bonds is 3. The van der Waals surface area contributed by atoms with Gasteiger partial charge < -0.3 is 0 Å². The molecule has 0 bridgehead atoms. The van der Waals surface area contributed by atoms with Crippen LogP contribution in [-0.4, -0.2) is 10.6 Å². The number of hydrogen-bond donors (Lipinski definition) is 1. The minimum Gasteiger partial charge on any atom is -0.283 e. The van der Waals surface area contributed by atoms with E-state index in [0.29, 0.717) is 0 Å². The highest BCUT2D eigenvalue weighted by atomic mass is 16.6. The molecule has 0 saturated heterocycles. The van der Waals surface area contributed by atoms with Gasteiger partial charge in [-0.15, -0.1) is 0 Å². The van der Waals surface area contributed by atoms with Crippen LogP contribution < -0.4 is 5.43 Å². The van der Waals surface area contributed by atoms with Crippen molar-refractivity contribution in [3.63, 3.8) is 0 Å². The Morgan fingerprint density at radius 2 is 2.11 bits per heavy atom. The second-order valence-electron chi connectivity index (χ2n) is 4.66. The van der Waals surface area contributed by atoms with Crippen LogP contribution >= 0.6 is 0 Å². The lowest BCUT2D eigenvalue weighted by atomic mass is 9.92. The fourth-order valence-electron chi connectivity index (χ4n) is 2.12. The smallest absolute Gasteiger partial charge is 0.269 e. The number of nitrogens with one attached hydrogen (secondary N) is 1. The maximum Gasteiger partial charge on any atom is 0.269 e. The predicted molar refractivity (Wildman–Crippen MR) is 75.1 cm³/mol. The van der Waals surface area contributed by atoms with Gasteiger partial charge in [-0.3, -0.25) is 15.5 Å². The summed E-state index contributed by atoms with van der Waals surface area (Å²) >= 11 is 0. The van der Waals surface area contributed by atoms with Crippen molar-refractivity contribution < 1.29 is 4.92 Å². The average molecular weight is 259 g/mol. The normalized spacial score (nSPS) is 18.9. The molecule has 2 rings (SSSR count). The Balaban J connectivity index is 2.28. The Hall–Kier alpha value is -2.17. The number of allylic oxidation sites excluding steroid dienone is 2. The van der Waals surface area contributed by atoms with Gasteiger partial charge in [0.2, 0.25) is 0 Å². The van der Waals surface area contributed by atoms with E-state index in [1.54, 1.807) is 12.1 Å². The van der Waals surface area contributed by atoms with Gasteiger partial charge >= 0.3 is 0 Å². The number of benzene rings is 1. The number of nitro benzene ring substituents is 1. The summed E-state index contributed by atoms with van der Waals surface area (Å²) in [5.41, 5.74) is 6.37. The Morgan fingerprint density at radius 3 is 2.68 bits per heavy atom. The molecule has 0 radical (unpaired) electrons. The van der Waals surface area contributed by atoms with Gasteiger partial charge in [-0.25, -0.2) is 0 Å². The minimum atomic E-state index is -0.377. The minimum absolute atomic E-state index is 0.126. The van der Waals surface area contributed by atoms with Crippen LogP contribution in [0.4, 0.5) is 5.69 Å². The molecule has 0 amide bonds. The zero-order valence-corrected chi connectivity index (χ0v) is 11.1. The summed E-state index contributed by atoms with van der Waals surface area (Å²) in [7, 11) is 0. The summed E-state index contributed by atoms with van der Waals surface area (Å²) in [4.78, 5) is 10.3. The highest BCUT2D eigenvalue weighted by molar-refractivity contribution is 5.83. The van der Waals surface area contributed by atoms with Crippen LogP contribution in [0.15, 0.2) is 41.1 Å². The molecule has 0 aromatic heterocycles. The average Bonchev–Trinajstić information content (AvgIpc) is 2.60. The Kier molecular flexibility index (Phi) is 3.94. The number of hydrogen-bond acceptors (Lipinski definition) is 4. The predicted octanol–water partition coefficient (Wildman–Crippen LogP) is 3.34. The van der Waals surface area contributed by atoms with Gasteiger partial charge in [-0.1, -0.05) is 25.1 Å². The van der Waals surface area contributed by atoms with E-state index in [1.807, 2.05) is 19.1 Å². The van der Waals surface area contributed by atoms with Crippen LogP contribution in [0, 0.1) is 10.1 Å². The van der Waals surface area contributed by atoms with E-state index in [9.17, 15) is 10.1 Å². The van der Waals surface area contributed by atoms with Crippen LogP contribution in [-0.2, 0) is 0 Å². The van der Waals surface area contributed by atoms with Crippen molar-refractivity contribution in [3.05, 3.63) is 51.7 Å². The molecule has 0 spiro atoms. The molecule has 1 unspecified atom stereocenters. The van der Waals surface area contributed by atoms with Crippen molar-refractivity contribution in [3.8, 4) is 0 Å². The maximum absolute atomic E-state index is 10.7. The molecule has 1 atom stereocenters. The third kappa shape index (κ3) is 3.19. The zero-order valence-electron chi connectivity index (χ0n) is 11.1. The van der Waals surface area contributed by atoms with Gasteiger partial charge in [0.15, 0.2) is 0 Å². The number of nitro groups is 1. The van der Waals surface area contributed by atoms with Crippen LogP contribution in [0.5, 0.6) is 0 Å². The quantitative estimate of drug-likeness (QED) is 0.668. The monoisotopic (exact) mass is 259 g/mol. The van der Waals surface area contributed by atoms with Gasteiger partial charge in [-0.05, 0) is 25.3 Å². The maximum atomic E-state index is 10.7. The van der Waals surface area contributed by atoms with Gasteiger partial charge in [0.05, 0.1) is 4.92 Å². The topological polar surface area (TPSA) is 67.5 Å². The third-order valence-corrected chi connectivity index (χ3v) is 3.22. The van der Waals surface area contributed by atoms with Crippen molar-refractivity contribution >= 4 is 11.4 Å². The molecule has 5 nitrogen and oxygen atoms in total. The van der Waals surface area contributed by atoms with Crippen LogP contribution in [0.1, 0.15) is 38.2 Å². The first kappa shape index (κ1) is 13.3. The van der Waals surface area contributed by atoms with Crippen LogP contribution in [0.3, 0.4) is 0 Å². The molecule has 1 aliphatic rings. The SMILES string of the molecule is CCC1=CC(c2ccc([N+](=O)[O-])cc2)CC(C)=NN1. The second kappa shape index (κ2) is 5.65. The molecule has 0 fully saturated rings. The Morgan fingerprint density at radius 1 is 1.42 bits per heavy atom. The second-order valence-corrected chi connectivity index (χ2v) is 4.66. The molecule has 1 aliphatic heterocycles. The van der Waals surface area contributed by atoms with E-state index < -0.39 is 0 Å². The molecule has 1 aromatic rings. The molecule has 0 saturated carbocycles. The van der Waals surface area contributed by atoms with Crippen molar-refractivity contribution in [1.29, 1.82) is 0 Å². The lowest BCUT2D eigenvalue weighted by molar-refractivity contribution is -0.384.